The number of aryl methyl sites for hydroxylation is 2. The van der Waals surface area contributed by atoms with E-state index in [0.717, 1.165) is 45.7 Å². The molecule has 1 amide bonds. The largest absolute Gasteiger partial charge is 0.302 e. The number of hydrogen-bond donors (Lipinski definition) is 0. The first-order chi connectivity index (χ1) is 18.7. The summed E-state index contributed by atoms with van der Waals surface area (Å²) in [6.07, 6.45) is 0.689. The average Bonchev–Trinajstić information content (AvgIpc) is 3.58. The second kappa shape index (κ2) is 11.1. The zero-order valence-corrected chi connectivity index (χ0v) is 24.5. The molecule has 0 radical (unpaired) electrons. The van der Waals surface area contributed by atoms with Crippen LogP contribution >= 0.6 is 11.3 Å². The number of thiazole rings is 1. The lowest BCUT2D eigenvalue weighted by atomic mass is 10.1. The Labute approximate surface area is 234 Å². The van der Waals surface area contributed by atoms with Gasteiger partial charge in [-0.15, -0.1) is 0 Å². The Hall–Kier alpha value is -3.27. The number of rotatable bonds is 9. The molecule has 2 heterocycles. The summed E-state index contributed by atoms with van der Waals surface area (Å²) >= 11 is 1.51. The molecule has 0 atom stereocenters. The third kappa shape index (κ3) is 5.18. The number of amides is 1. The maximum atomic E-state index is 13.9. The molecule has 0 saturated heterocycles. The first-order valence-corrected chi connectivity index (χ1v) is 15.6. The minimum Gasteiger partial charge on any atom is -0.302 e. The molecule has 0 unspecified atom stereocenters. The fourth-order valence-electron chi connectivity index (χ4n) is 5.01. The summed E-state index contributed by atoms with van der Waals surface area (Å²) in [5.41, 5.74) is 5.38. The van der Waals surface area contributed by atoms with Gasteiger partial charge in [-0.3, -0.25) is 14.0 Å². The number of hydrogen-bond acceptors (Lipinski definition) is 6. The minimum atomic E-state index is -3.73. The summed E-state index contributed by atoms with van der Waals surface area (Å²) in [4.78, 5) is 22.9. The van der Waals surface area contributed by atoms with Gasteiger partial charge in [0.05, 0.1) is 20.8 Å². The third-order valence-electron chi connectivity index (χ3n) is 7.62. The van der Waals surface area contributed by atoms with E-state index in [9.17, 15) is 13.2 Å². The van der Waals surface area contributed by atoms with Gasteiger partial charge in [0.1, 0.15) is 0 Å². The maximum absolute atomic E-state index is 13.9. The topological polar surface area (TPSA) is 73.8 Å². The van der Waals surface area contributed by atoms with Crippen molar-refractivity contribution in [2.45, 2.75) is 39.0 Å². The quantitative estimate of drug-likeness (QED) is 0.264. The Bertz CT molecular complexity index is 1610. The van der Waals surface area contributed by atoms with Gasteiger partial charge in [0.2, 0.25) is 0 Å². The van der Waals surface area contributed by atoms with Gasteiger partial charge in [0.25, 0.3) is 15.9 Å². The van der Waals surface area contributed by atoms with E-state index in [0.29, 0.717) is 36.8 Å². The number of aromatic nitrogens is 1. The second-order valence-corrected chi connectivity index (χ2v) is 12.7. The van der Waals surface area contributed by atoms with Crippen molar-refractivity contribution in [3.05, 3.63) is 82.9 Å². The van der Waals surface area contributed by atoms with Gasteiger partial charge in [-0.2, -0.15) is 0 Å². The summed E-state index contributed by atoms with van der Waals surface area (Å²) in [6, 6.07) is 18.0. The highest BCUT2D eigenvalue weighted by Gasteiger charge is 2.31. The van der Waals surface area contributed by atoms with Crippen LogP contribution in [0.25, 0.3) is 10.2 Å². The summed E-state index contributed by atoms with van der Waals surface area (Å²) < 4.78 is 29.4. The standard InChI is InChI=1S/C30H34N4O3S2/c1-5-32(6-2)19-20-33(30-31-28-22(4)21(3)11-16-27(28)38-30)29(35)24-12-14-25(15-13-24)39(36,37)34-18-17-23-9-7-8-10-26(23)34/h7-16H,5-6,17-20H2,1-4H3. The van der Waals surface area contributed by atoms with Gasteiger partial charge in [-0.05, 0) is 86.4 Å². The maximum Gasteiger partial charge on any atom is 0.264 e. The number of fused-ring (bicyclic) bond motifs is 2. The molecule has 0 fully saturated rings. The van der Waals surface area contributed by atoms with Crippen molar-refractivity contribution in [3.63, 3.8) is 0 Å². The monoisotopic (exact) mass is 562 g/mol. The van der Waals surface area contributed by atoms with Crippen LogP contribution < -0.4 is 9.21 Å². The Morgan fingerprint density at radius 1 is 0.974 bits per heavy atom. The van der Waals surface area contributed by atoms with Crippen LogP contribution in [0.1, 0.15) is 40.9 Å². The fourth-order valence-corrected chi connectivity index (χ4v) is 7.56. The first-order valence-electron chi connectivity index (χ1n) is 13.4. The van der Waals surface area contributed by atoms with Crippen LogP contribution in [0.5, 0.6) is 0 Å². The fraction of sp³-hybridized carbons (Fsp3) is 0.333. The van der Waals surface area contributed by atoms with Crippen molar-refractivity contribution >= 4 is 48.3 Å². The molecule has 0 bridgehead atoms. The van der Waals surface area contributed by atoms with E-state index in [1.165, 1.54) is 27.8 Å². The summed E-state index contributed by atoms with van der Waals surface area (Å²) in [5.74, 6) is -0.189. The number of carbonyl (C=O) groups is 1. The van der Waals surface area contributed by atoms with Crippen LogP contribution in [0.2, 0.25) is 0 Å². The van der Waals surface area contributed by atoms with Crippen LogP contribution in [-0.2, 0) is 16.4 Å². The lowest BCUT2D eigenvalue weighted by Gasteiger charge is -2.25. The Kier molecular flexibility index (Phi) is 7.75. The minimum absolute atomic E-state index is 0.177. The van der Waals surface area contributed by atoms with Gasteiger partial charge in [-0.25, -0.2) is 13.4 Å². The van der Waals surface area contributed by atoms with Crippen LogP contribution in [0, 0.1) is 13.8 Å². The predicted molar refractivity (Wildman–Crippen MR) is 160 cm³/mol. The molecule has 5 rings (SSSR count). The van der Waals surface area contributed by atoms with Crippen LogP contribution in [0.3, 0.4) is 0 Å². The Morgan fingerprint density at radius 2 is 1.69 bits per heavy atom. The molecule has 0 N–H and O–H groups in total. The highest BCUT2D eigenvalue weighted by Crippen LogP contribution is 2.34. The average molecular weight is 563 g/mol. The number of para-hydroxylation sites is 1. The smallest absolute Gasteiger partial charge is 0.264 e. The Balaban J connectivity index is 1.45. The van der Waals surface area contributed by atoms with E-state index >= 15 is 0 Å². The van der Waals surface area contributed by atoms with E-state index in [1.54, 1.807) is 17.0 Å². The molecular weight excluding hydrogens is 528 g/mol. The van der Waals surface area contributed by atoms with Crippen molar-refractivity contribution < 1.29 is 13.2 Å². The molecule has 1 aliphatic heterocycles. The number of anilines is 2. The van der Waals surface area contributed by atoms with Crippen molar-refractivity contribution in [2.24, 2.45) is 0 Å². The predicted octanol–water partition coefficient (Wildman–Crippen LogP) is 5.65. The number of nitrogens with zero attached hydrogens (tertiary/aromatic N) is 4. The third-order valence-corrected chi connectivity index (χ3v) is 10.5. The zero-order valence-electron chi connectivity index (χ0n) is 22.8. The van der Waals surface area contributed by atoms with Gasteiger partial charge in [-0.1, -0.05) is 49.4 Å². The molecule has 4 aromatic rings. The molecule has 1 aliphatic rings. The van der Waals surface area contributed by atoms with Crippen molar-refractivity contribution in [1.82, 2.24) is 9.88 Å². The number of benzene rings is 3. The molecule has 3 aromatic carbocycles. The van der Waals surface area contributed by atoms with Crippen LogP contribution in [0.4, 0.5) is 10.8 Å². The van der Waals surface area contributed by atoms with Crippen molar-refractivity contribution in [2.75, 3.05) is 41.9 Å². The van der Waals surface area contributed by atoms with Crippen molar-refractivity contribution in [3.8, 4) is 0 Å². The molecule has 1 aromatic heterocycles. The van der Waals surface area contributed by atoms with Gasteiger partial charge >= 0.3 is 0 Å². The van der Waals surface area contributed by atoms with Gasteiger partial charge in [0, 0.05) is 25.2 Å². The first kappa shape index (κ1) is 27.3. The lowest BCUT2D eigenvalue weighted by Crippen LogP contribution is -2.39. The van der Waals surface area contributed by atoms with Gasteiger partial charge < -0.3 is 4.90 Å². The molecule has 39 heavy (non-hydrogen) atoms. The van der Waals surface area contributed by atoms with E-state index in [-0.39, 0.29) is 10.8 Å². The van der Waals surface area contributed by atoms with E-state index in [1.807, 2.05) is 24.3 Å². The molecular formula is C30H34N4O3S2. The Morgan fingerprint density at radius 3 is 2.41 bits per heavy atom. The van der Waals surface area contributed by atoms with Gasteiger partial charge in [0.15, 0.2) is 5.13 Å². The van der Waals surface area contributed by atoms with E-state index in [4.69, 9.17) is 4.98 Å². The normalized spacial score (nSPS) is 13.3. The van der Waals surface area contributed by atoms with Crippen LogP contribution in [0.15, 0.2) is 65.6 Å². The summed E-state index contributed by atoms with van der Waals surface area (Å²) in [5, 5.41) is 0.654. The summed E-state index contributed by atoms with van der Waals surface area (Å²) in [7, 11) is -3.73. The highest BCUT2D eigenvalue weighted by atomic mass is 32.2. The summed E-state index contributed by atoms with van der Waals surface area (Å²) in [6.45, 7) is 11.7. The number of likely N-dealkylation sites (N-methyl/N-ethyl adjacent to an activating group) is 1. The number of sulfonamides is 1. The zero-order chi connectivity index (χ0) is 27.7. The van der Waals surface area contributed by atoms with E-state index in [2.05, 4.69) is 44.7 Å². The highest BCUT2D eigenvalue weighted by molar-refractivity contribution is 7.92. The molecule has 204 valence electrons. The van der Waals surface area contributed by atoms with Crippen LogP contribution in [-0.4, -0.2) is 56.9 Å². The van der Waals surface area contributed by atoms with Crippen molar-refractivity contribution in [1.29, 1.82) is 0 Å². The molecule has 9 heteroatoms. The molecule has 7 nitrogen and oxygen atoms in total. The second-order valence-electron chi connectivity index (χ2n) is 9.81. The van der Waals surface area contributed by atoms with E-state index < -0.39 is 10.0 Å². The molecule has 0 aliphatic carbocycles. The molecule has 0 spiro atoms. The lowest BCUT2D eigenvalue weighted by molar-refractivity contribution is 0.0983. The number of carbonyl (C=O) groups excluding carboxylic acids is 1. The molecule has 0 saturated carbocycles. The SMILES string of the molecule is CCN(CC)CCN(C(=O)c1ccc(S(=O)(=O)N2CCc3ccccc32)cc1)c1nc2c(C)c(C)ccc2s1.